The first-order chi connectivity index (χ1) is 9.99. The molecule has 3 aliphatic carbocycles. The summed E-state index contributed by atoms with van der Waals surface area (Å²) in [7, 11) is 0. The predicted molar refractivity (Wildman–Crippen MR) is 92.8 cm³/mol. The molecule has 3 fully saturated rings. The van der Waals surface area contributed by atoms with Gasteiger partial charge in [0.05, 0.1) is 0 Å². The van der Waals surface area contributed by atoms with Crippen molar-refractivity contribution >= 4 is 22.5 Å². The molecule has 5 rings (SSSR count). The van der Waals surface area contributed by atoms with Crippen LogP contribution in [0.1, 0.15) is 40.0 Å². The summed E-state index contributed by atoms with van der Waals surface area (Å²) < 4.78 is 0.417. The summed E-state index contributed by atoms with van der Waals surface area (Å²) in [6.45, 7) is 7.49. The van der Waals surface area contributed by atoms with Gasteiger partial charge in [-0.3, -0.25) is 0 Å². The number of fused-ring (bicyclic) bond motifs is 3. The standard InChI is InChI=1S/C20H24S/c1-19(2)16-10-11-20(3,18(19)13-16)21-17-9-8-14-6-4-5-7-15(14)12-17/h4-9,12,16,18H,10-11,13H2,1-3H3. The average Bonchev–Trinajstić information content (AvgIpc) is 2.46. The van der Waals surface area contributed by atoms with Crippen molar-refractivity contribution in [3.63, 3.8) is 0 Å². The molecule has 0 radical (unpaired) electrons. The highest BCUT2D eigenvalue weighted by molar-refractivity contribution is 8.00. The fourth-order valence-corrected chi connectivity index (χ4v) is 6.42. The number of thioether (sulfide) groups is 1. The van der Waals surface area contributed by atoms with Gasteiger partial charge < -0.3 is 0 Å². The van der Waals surface area contributed by atoms with E-state index < -0.39 is 0 Å². The third-order valence-electron chi connectivity index (χ3n) is 6.27. The lowest BCUT2D eigenvalue weighted by atomic mass is 9.45. The van der Waals surface area contributed by atoms with Gasteiger partial charge in [0.1, 0.15) is 0 Å². The zero-order chi connectivity index (χ0) is 14.7. The molecular formula is C20H24S. The van der Waals surface area contributed by atoms with Crippen LogP contribution >= 0.6 is 11.8 Å². The molecule has 2 aromatic carbocycles. The second kappa shape index (κ2) is 4.52. The van der Waals surface area contributed by atoms with E-state index in [0.717, 1.165) is 11.8 Å². The molecule has 2 aromatic rings. The highest BCUT2D eigenvalue weighted by Crippen LogP contribution is 2.66. The molecule has 0 amide bonds. The van der Waals surface area contributed by atoms with E-state index in [1.165, 1.54) is 34.9 Å². The number of hydrogen-bond donors (Lipinski definition) is 0. The first-order valence-electron chi connectivity index (χ1n) is 8.17. The molecule has 0 spiro atoms. The highest BCUT2D eigenvalue weighted by atomic mass is 32.2. The molecule has 0 N–H and O–H groups in total. The van der Waals surface area contributed by atoms with Crippen molar-refractivity contribution in [3.8, 4) is 0 Å². The molecule has 3 saturated carbocycles. The molecule has 2 bridgehead atoms. The Kier molecular flexibility index (Phi) is 2.95. The highest BCUT2D eigenvalue weighted by Gasteiger charge is 2.59. The summed E-state index contributed by atoms with van der Waals surface area (Å²) in [4.78, 5) is 1.44. The van der Waals surface area contributed by atoms with E-state index in [0.29, 0.717) is 10.2 Å². The van der Waals surface area contributed by atoms with Gasteiger partial charge in [0.15, 0.2) is 0 Å². The molecule has 0 nitrogen and oxygen atoms in total. The first kappa shape index (κ1) is 13.7. The monoisotopic (exact) mass is 296 g/mol. The van der Waals surface area contributed by atoms with Crippen LogP contribution < -0.4 is 0 Å². The van der Waals surface area contributed by atoms with Gasteiger partial charge >= 0.3 is 0 Å². The third-order valence-corrected chi connectivity index (χ3v) is 7.71. The van der Waals surface area contributed by atoms with Crippen molar-refractivity contribution < 1.29 is 0 Å². The summed E-state index contributed by atoms with van der Waals surface area (Å²) >= 11 is 2.13. The maximum atomic E-state index is 2.51. The van der Waals surface area contributed by atoms with Crippen molar-refractivity contribution in [1.82, 2.24) is 0 Å². The van der Waals surface area contributed by atoms with Crippen LogP contribution in [0.2, 0.25) is 0 Å². The first-order valence-corrected chi connectivity index (χ1v) is 8.98. The van der Waals surface area contributed by atoms with E-state index in [2.05, 4.69) is 75.0 Å². The van der Waals surface area contributed by atoms with E-state index in [9.17, 15) is 0 Å². The topological polar surface area (TPSA) is 0 Å². The van der Waals surface area contributed by atoms with Crippen molar-refractivity contribution in [2.24, 2.45) is 17.3 Å². The maximum absolute atomic E-state index is 2.51. The maximum Gasteiger partial charge on any atom is 0.0212 e. The average molecular weight is 296 g/mol. The number of rotatable bonds is 2. The molecule has 110 valence electrons. The second-order valence-electron chi connectivity index (χ2n) is 7.77. The minimum atomic E-state index is 0.417. The van der Waals surface area contributed by atoms with E-state index in [1.54, 1.807) is 0 Å². The van der Waals surface area contributed by atoms with E-state index in [1.807, 2.05) is 0 Å². The van der Waals surface area contributed by atoms with Gasteiger partial charge in [0.2, 0.25) is 0 Å². The molecule has 21 heavy (non-hydrogen) atoms. The van der Waals surface area contributed by atoms with Crippen molar-refractivity contribution in [3.05, 3.63) is 42.5 Å². The Morgan fingerprint density at radius 1 is 1.00 bits per heavy atom. The minimum Gasteiger partial charge on any atom is -0.119 e. The predicted octanol–water partition coefficient (Wildman–Crippen LogP) is 6.15. The lowest BCUT2D eigenvalue weighted by molar-refractivity contribution is -0.0851. The van der Waals surface area contributed by atoms with E-state index in [4.69, 9.17) is 0 Å². The van der Waals surface area contributed by atoms with Crippen molar-refractivity contribution in [1.29, 1.82) is 0 Å². The van der Waals surface area contributed by atoms with Crippen LogP contribution in [0.15, 0.2) is 47.4 Å². The lowest BCUT2D eigenvalue weighted by Gasteiger charge is -2.64. The van der Waals surface area contributed by atoms with E-state index >= 15 is 0 Å². The molecule has 1 heteroatoms. The van der Waals surface area contributed by atoms with Crippen LogP contribution in [0, 0.1) is 17.3 Å². The zero-order valence-corrected chi connectivity index (χ0v) is 14.0. The number of benzene rings is 2. The molecule has 3 atom stereocenters. The Morgan fingerprint density at radius 2 is 1.76 bits per heavy atom. The second-order valence-corrected chi connectivity index (χ2v) is 9.38. The summed E-state index contributed by atoms with van der Waals surface area (Å²) in [6.07, 6.45) is 4.24. The summed E-state index contributed by atoms with van der Waals surface area (Å²) in [5, 5.41) is 2.72. The van der Waals surface area contributed by atoms with Crippen molar-refractivity contribution in [2.75, 3.05) is 0 Å². The quantitative estimate of drug-likeness (QED) is 0.640. The Labute approximate surface area is 132 Å². The minimum absolute atomic E-state index is 0.417. The Morgan fingerprint density at radius 3 is 2.48 bits per heavy atom. The van der Waals surface area contributed by atoms with Crippen LogP contribution in [0.25, 0.3) is 10.8 Å². The van der Waals surface area contributed by atoms with Gasteiger partial charge in [-0.15, -0.1) is 11.8 Å². The van der Waals surface area contributed by atoms with Crippen LogP contribution in [0.3, 0.4) is 0 Å². The van der Waals surface area contributed by atoms with Gasteiger partial charge in [0.25, 0.3) is 0 Å². The molecule has 3 aliphatic rings. The van der Waals surface area contributed by atoms with Crippen LogP contribution in [-0.4, -0.2) is 4.75 Å². The van der Waals surface area contributed by atoms with Gasteiger partial charge in [-0.25, -0.2) is 0 Å². The summed E-state index contributed by atoms with van der Waals surface area (Å²) in [5.74, 6) is 1.85. The van der Waals surface area contributed by atoms with E-state index in [-0.39, 0.29) is 0 Å². The van der Waals surface area contributed by atoms with Gasteiger partial charge in [0, 0.05) is 9.64 Å². The zero-order valence-electron chi connectivity index (χ0n) is 13.2. The van der Waals surface area contributed by atoms with Crippen LogP contribution in [0.4, 0.5) is 0 Å². The third kappa shape index (κ3) is 2.04. The van der Waals surface area contributed by atoms with Crippen molar-refractivity contribution in [2.45, 2.75) is 49.7 Å². The lowest BCUT2D eigenvalue weighted by Crippen LogP contribution is -2.58. The normalized spacial score (nSPS) is 33.7. The van der Waals surface area contributed by atoms with Crippen LogP contribution in [-0.2, 0) is 0 Å². The summed E-state index contributed by atoms with van der Waals surface area (Å²) in [6, 6.07) is 15.7. The molecule has 3 unspecified atom stereocenters. The fourth-order valence-electron chi connectivity index (χ4n) is 4.80. The Balaban J connectivity index is 1.64. The Bertz CT molecular complexity index is 685. The largest absolute Gasteiger partial charge is 0.119 e. The molecule has 0 heterocycles. The Hall–Kier alpha value is -0.950. The summed E-state index contributed by atoms with van der Waals surface area (Å²) in [5.41, 5.74) is 0.552. The number of hydrogen-bond acceptors (Lipinski definition) is 1. The van der Waals surface area contributed by atoms with Gasteiger partial charge in [-0.05, 0) is 66.3 Å². The molecular weight excluding hydrogens is 272 g/mol. The molecule has 0 aliphatic heterocycles. The molecule has 0 aromatic heterocycles. The van der Waals surface area contributed by atoms with Gasteiger partial charge in [-0.1, -0.05) is 44.2 Å². The molecule has 0 saturated heterocycles. The van der Waals surface area contributed by atoms with Crippen LogP contribution in [0.5, 0.6) is 0 Å². The SMILES string of the molecule is CC1(Sc2ccc3ccccc3c2)CCC2CC1C2(C)C. The smallest absolute Gasteiger partial charge is 0.0212 e. The van der Waals surface area contributed by atoms with Gasteiger partial charge in [-0.2, -0.15) is 0 Å². The fraction of sp³-hybridized carbons (Fsp3) is 0.500.